The summed E-state index contributed by atoms with van der Waals surface area (Å²) in [6.45, 7) is 0. The van der Waals surface area contributed by atoms with E-state index in [1.54, 1.807) is 0 Å². The van der Waals surface area contributed by atoms with Crippen LogP contribution in [-0.2, 0) is 30.5 Å². The Bertz CT molecular complexity index is 1230. The molecule has 0 heterocycles. The Morgan fingerprint density at radius 2 is 1.03 bits per heavy atom. The molecular formula is C22H16I2O4S2. The van der Waals surface area contributed by atoms with E-state index < -0.39 is 22.2 Å². The summed E-state index contributed by atoms with van der Waals surface area (Å²) < 4.78 is 38.3. The average molecular weight is 662 g/mol. The lowest BCUT2D eigenvalue weighted by atomic mass is 9.94. The van der Waals surface area contributed by atoms with Gasteiger partial charge in [-0.15, -0.1) is 0 Å². The molecule has 8 heteroatoms. The van der Waals surface area contributed by atoms with E-state index in [1.165, 1.54) is 14.2 Å². The van der Waals surface area contributed by atoms with Crippen LogP contribution in [0.4, 0.5) is 0 Å². The second-order valence-electron chi connectivity index (χ2n) is 6.41. The van der Waals surface area contributed by atoms with Crippen LogP contribution in [0.1, 0.15) is 0 Å². The Labute approximate surface area is 206 Å². The second-order valence-corrected chi connectivity index (χ2v) is 11.4. The molecule has 0 fully saturated rings. The van der Waals surface area contributed by atoms with Crippen LogP contribution in [-0.4, -0.2) is 22.6 Å². The van der Waals surface area contributed by atoms with Crippen LogP contribution in [0, 0.1) is 7.14 Å². The van der Waals surface area contributed by atoms with Gasteiger partial charge in [0, 0.05) is 18.3 Å². The standard InChI is InChI=1S/C22H16I2O4S2/c1-27-29(25)19-9-3-13-11-15(23)5-7-17(13)21(19)22-18-8-6-16(24)12-14(18)4-10-20(22)30(26)28-2/h3-12H,1-2H3. The van der Waals surface area contributed by atoms with Crippen molar-refractivity contribution in [2.24, 2.45) is 0 Å². The first kappa shape index (κ1) is 22.3. The second kappa shape index (κ2) is 9.29. The summed E-state index contributed by atoms with van der Waals surface area (Å²) in [6, 6.07) is 19.7. The number of benzene rings is 4. The molecular weight excluding hydrogens is 646 g/mol. The predicted octanol–water partition coefficient (Wildman–Crippen LogP) is 6.21. The maximum Gasteiger partial charge on any atom is 0.189 e. The van der Waals surface area contributed by atoms with Crippen molar-refractivity contribution in [3.8, 4) is 11.1 Å². The van der Waals surface area contributed by atoms with Crippen LogP contribution >= 0.6 is 45.2 Å². The lowest BCUT2D eigenvalue weighted by Gasteiger charge is -2.18. The quantitative estimate of drug-likeness (QED) is 0.239. The third-order valence-corrected chi connectivity index (χ3v) is 8.15. The van der Waals surface area contributed by atoms with E-state index in [2.05, 4.69) is 57.3 Å². The first-order chi connectivity index (χ1) is 14.4. The molecule has 0 spiro atoms. The monoisotopic (exact) mass is 662 g/mol. The highest BCUT2D eigenvalue weighted by Gasteiger charge is 2.23. The van der Waals surface area contributed by atoms with Crippen molar-refractivity contribution in [2.75, 3.05) is 14.2 Å². The zero-order chi connectivity index (χ0) is 21.4. The summed E-state index contributed by atoms with van der Waals surface area (Å²) in [4.78, 5) is 1.07. The topological polar surface area (TPSA) is 52.6 Å². The van der Waals surface area contributed by atoms with Crippen LogP contribution in [0.15, 0.2) is 70.5 Å². The fourth-order valence-corrected chi connectivity index (χ4v) is 6.04. The van der Waals surface area contributed by atoms with Gasteiger partial charge >= 0.3 is 0 Å². The highest BCUT2D eigenvalue weighted by molar-refractivity contribution is 14.1. The molecule has 2 atom stereocenters. The maximum absolute atomic E-state index is 12.8. The zero-order valence-electron chi connectivity index (χ0n) is 16.0. The molecule has 4 aromatic rings. The third kappa shape index (κ3) is 4.09. The average Bonchev–Trinajstić information content (AvgIpc) is 2.76. The van der Waals surface area contributed by atoms with Crippen molar-refractivity contribution in [3.63, 3.8) is 0 Å². The van der Waals surface area contributed by atoms with Gasteiger partial charge in [-0.3, -0.25) is 8.37 Å². The number of hydrogen-bond acceptors (Lipinski definition) is 4. The van der Waals surface area contributed by atoms with Crippen molar-refractivity contribution in [1.29, 1.82) is 0 Å². The molecule has 2 unspecified atom stereocenters. The van der Waals surface area contributed by atoms with Crippen LogP contribution < -0.4 is 0 Å². The fraction of sp³-hybridized carbons (Fsp3) is 0.0909. The van der Waals surface area contributed by atoms with E-state index in [-0.39, 0.29) is 0 Å². The van der Waals surface area contributed by atoms with Gasteiger partial charge in [-0.25, -0.2) is 8.42 Å². The van der Waals surface area contributed by atoms with Gasteiger partial charge in [-0.2, -0.15) is 0 Å². The van der Waals surface area contributed by atoms with Crippen molar-refractivity contribution >= 4 is 88.9 Å². The summed E-state index contributed by atoms with van der Waals surface area (Å²) in [6.07, 6.45) is 0. The molecule has 0 bridgehead atoms. The zero-order valence-corrected chi connectivity index (χ0v) is 21.9. The number of hydrogen-bond donors (Lipinski definition) is 0. The van der Waals surface area contributed by atoms with Crippen molar-refractivity contribution < 1.29 is 16.8 Å². The third-order valence-electron chi connectivity index (χ3n) is 4.80. The number of fused-ring (bicyclic) bond motifs is 2. The summed E-state index contributed by atoms with van der Waals surface area (Å²) in [5, 5.41) is 3.84. The minimum atomic E-state index is -1.68. The van der Waals surface area contributed by atoms with Gasteiger partial charge in [0.05, 0.1) is 24.0 Å². The minimum Gasteiger partial charge on any atom is -0.290 e. The molecule has 0 aromatic heterocycles. The Morgan fingerprint density at radius 1 is 0.633 bits per heavy atom. The van der Waals surface area contributed by atoms with E-state index in [4.69, 9.17) is 8.37 Å². The predicted molar refractivity (Wildman–Crippen MR) is 139 cm³/mol. The molecule has 0 amide bonds. The summed E-state index contributed by atoms with van der Waals surface area (Å²) in [5.74, 6) is 0. The molecule has 0 aliphatic rings. The van der Waals surface area contributed by atoms with Crippen LogP contribution in [0.3, 0.4) is 0 Å². The molecule has 0 N–H and O–H groups in total. The molecule has 0 saturated heterocycles. The Morgan fingerprint density at radius 3 is 1.40 bits per heavy atom. The lowest BCUT2D eigenvalue weighted by molar-refractivity contribution is 0.445. The maximum atomic E-state index is 12.8. The molecule has 30 heavy (non-hydrogen) atoms. The van der Waals surface area contributed by atoms with Gasteiger partial charge in [0.25, 0.3) is 0 Å². The highest BCUT2D eigenvalue weighted by Crippen LogP contribution is 2.42. The number of rotatable bonds is 5. The van der Waals surface area contributed by atoms with Gasteiger partial charge in [0.15, 0.2) is 22.2 Å². The normalized spacial score (nSPS) is 13.6. The van der Waals surface area contributed by atoms with E-state index >= 15 is 0 Å². The van der Waals surface area contributed by atoms with Crippen molar-refractivity contribution in [3.05, 3.63) is 67.8 Å². The first-order valence-electron chi connectivity index (χ1n) is 8.82. The van der Waals surface area contributed by atoms with E-state index in [0.717, 1.165) is 39.8 Å². The molecule has 154 valence electrons. The largest absolute Gasteiger partial charge is 0.290 e. The molecule has 0 saturated carbocycles. The molecule has 4 nitrogen and oxygen atoms in total. The Hall–Kier alpha value is -0.920. The van der Waals surface area contributed by atoms with E-state index in [0.29, 0.717) is 9.79 Å². The smallest absolute Gasteiger partial charge is 0.189 e. The van der Waals surface area contributed by atoms with Crippen molar-refractivity contribution in [2.45, 2.75) is 9.79 Å². The molecule has 0 radical (unpaired) electrons. The molecule has 4 rings (SSSR count). The molecule has 4 aromatic carbocycles. The van der Waals surface area contributed by atoms with Gasteiger partial charge in [-0.05, 0) is 103 Å². The van der Waals surface area contributed by atoms with Gasteiger partial charge in [-0.1, -0.05) is 24.3 Å². The van der Waals surface area contributed by atoms with Gasteiger partial charge in [0.2, 0.25) is 0 Å². The van der Waals surface area contributed by atoms with E-state index in [9.17, 15) is 8.42 Å². The Balaban J connectivity index is 2.23. The minimum absolute atomic E-state index is 0.534. The highest BCUT2D eigenvalue weighted by atomic mass is 127. The molecule has 0 aliphatic heterocycles. The SMILES string of the molecule is COS(=O)c1ccc2cc(I)ccc2c1-c1c(S(=O)OC)ccc2cc(I)ccc12. The van der Waals surface area contributed by atoms with Gasteiger partial charge < -0.3 is 0 Å². The Kier molecular flexibility index (Phi) is 6.90. The summed E-state index contributed by atoms with van der Waals surface area (Å²) >= 11 is 1.19. The summed E-state index contributed by atoms with van der Waals surface area (Å²) in [5.41, 5.74) is 1.49. The van der Waals surface area contributed by atoms with Crippen LogP contribution in [0.2, 0.25) is 0 Å². The van der Waals surface area contributed by atoms with Crippen LogP contribution in [0.25, 0.3) is 32.7 Å². The van der Waals surface area contributed by atoms with E-state index in [1.807, 2.05) is 48.5 Å². The van der Waals surface area contributed by atoms with Gasteiger partial charge in [0.1, 0.15) is 0 Å². The molecule has 0 aliphatic carbocycles. The summed E-state index contributed by atoms with van der Waals surface area (Å²) in [7, 11) is 2.83. The van der Waals surface area contributed by atoms with Crippen molar-refractivity contribution in [1.82, 2.24) is 0 Å². The lowest BCUT2D eigenvalue weighted by Crippen LogP contribution is -2.02. The van der Waals surface area contributed by atoms with Crippen LogP contribution in [0.5, 0.6) is 0 Å². The number of halogens is 2. The fourth-order valence-electron chi connectivity index (χ4n) is 3.53. The first-order valence-corrected chi connectivity index (χ1v) is 13.1.